The van der Waals surface area contributed by atoms with Gasteiger partial charge in [-0.15, -0.1) is 11.8 Å². The third-order valence-corrected chi connectivity index (χ3v) is 3.28. The van der Waals surface area contributed by atoms with Crippen molar-refractivity contribution >= 4 is 23.4 Å². The van der Waals surface area contributed by atoms with Crippen LogP contribution < -0.4 is 10.6 Å². The smallest absolute Gasteiger partial charge is 0.324 e. The van der Waals surface area contributed by atoms with Gasteiger partial charge in [-0.05, 0) is 31.7 Å². The number of nitrogens with one attached hydrogen (secondary N) is 2. The summed E-state index contributed by atoms with van der Waals surface area (Å²) >= 11 is 0.663. The van der Waals surface area contributed by atoms with Crippen LogP contribution in [0.15, 0.2) is 23.1 Å². The summed E-state index contributed by atoms with van der Waals surface area (Å²) in [7, 11) is 1.62. The number of carbonyl (C=O) groups is 1. The Labute approximate surface area is 114 Å². The fourth-order valence-corrected chi connectivity index (χ4v) is 2.13. The molecule has 0 spiro atoms. The first-order chi connectivity index (χ1) is 8.81. The van der Waals surface area contributed by atoms with Gasteiger partial charge in [0.05, 0.1) is 18.0 Å². The monoisotopic (exact) mass is 292 g/mol. The van der Waals surface area contributed by atoms with Crippen LogP contribution in [0.4, 0.5) is 18.9 Å². The van der Waals surface area contributed by atoms with Crippen LogP contribution in [0.25, 0.3) is 0 Å². The molecule has 0 aliphatic rings. The number of carbonyl (C=O) groups excluding carboxylic acids is 1. The van der Waals surface area contributed by atoms with Crippen LogP contribution in [0.1, 0.15) is 5.56 Å². The van der Waals surface area contributed by atoms with Gasteiger partial charge < -0.3 is 10.6 Å². The molecule has 2 N–H and O–H groups in total. The minimum absolute atomic E-state index is 0.108. The van der Waals surface area contributed by atoms with Gasteiger partial charge in [0.2, 0.25) is 5.91 Å². The number of hydrogen-bond acceptors (Lipinski definition) is 3. The highest BCUT2D eigenvalue weighted by atomic mass is 32.2. The Morgan fingerprint density at radius 1 is 1.37 bits per heavy atom. The Hall–Kier alpha value is -1.21. The largest absolute Gasteiger partial charge is 0.398 e. The van der Waals surface area contributed by atoms with Crippen LogP contribution in [0, 0.1) is 6.92 Å². The van der Waals surface area contributed by atoms with Crippen LogP contribution in [0.2, 0.25) is 0 Å². The number of benzene rings is 1. The van der Waals surface area contributed by atoms with E-state index in [4.69, 9.17) is 0 Å². The normalized spacial score (nSPS) is 11.4. The van der Waals surface area contributed by atoms with Gasteiger partial charge in [-0.1, -0.05) is 6.07 Å². The minimum atomic E-state index is -4.23. The van der Waals surface area contributed by atoms with Gasteiger partial charge in [-0.25, -0.2) is 0 Å². The van der Waals surface area contributed by atoms with Crippen LogP contribution in [0.3, 0.4) is 0 Å². The van der Waals surface area contributed by atoms with E-state index in [1.54, 1.807) is 25.2 Å². The molecule has 0 aromatic heterocycles. The van der Waals surface area contributed by atoms with Gasteiger partial charge in [0.25, 0.3) is 0 Å². The lowest BCUT2D eigenvalue weighted by molar-refractivity contribution is -0.115. The summed E-state index contributed by atoms with van der Waals surface area (Å²) in [6.45, 7) is 1.92. The first-order valence-corrected chi connectivity index (χ1v) is 6.55. The van der Waals surface area contributed by atoms with Crippen LogP contribution >= 0.6 is 11.8 Å². The maximum absolute atomic E-state index is 12.2. The fraction of sp³-hybridized carbons (Fsp3) is 0.417. The molecule has 0 saturated carbocycles. The summed E-state index contributed by atoms with van der Waals surface area (Å²) in [6.07, 6.45) is -4.23. The minimum Gasteiger partial charge on any atom is -0.324 e. The van der Waals surface area contributed by atoms with E-state index in [1.165, 1.54) is 0 Å². The number of anilines is 1. The Morgan fingerprint density at radius 2 is 2.05 bits per heavy atom. The van der Waals surface area contributed by atoms with Crippen molar-refractivity contribution in [3.05, 3.63) is 23.8 Å². The van der Waals surface area contributed by atoms with E-state index in [-0.39, 0.29) is 12.5 Å². The van der Waals surface area contributed by atoms with Crippen molar-refractivity contribution in [3.63, 3.8) is 0 Å². The molecule has 7 heteroatoms. The van der Waals surface area contributed by atoms with Crippen molar-refractivity contribution in [2.24, 2.45) is 0 Å². The number of likely N-dealkylation sites (N-methyl/N-ethyl adjacent to an activating group) is 1. The van der Waals surface area contributed by atoms with Gasteiger partial charge in [-0.2, -0.15) is 13.2 Å². The third kappa shape index (κ3) is 5.98. The summed E-state index contributed by atoms with van der Waals surface area (Å²) in [5, 5.41) is 5.28. The Balaban J connectivity index is 2.82. The molecule has 0 saturated heterocycles. The molecular formula is C12H15F3N2OS. The number of alkyl halides is 3. The van der Waals surface area contributed by atoms with Gasteiger partial charge >= 0.3 is 6.18 Å². The summed E-state index contributed by atoms with van der Waals surface area (Å²) in [4.78, 5) is 11.9. The van der Waals surface area contributed by atoms with Gasteiger partial charge in [-0.3, -0.25) is 4.79 Å². The first kappa shape index (κ1) is 15.8. The van der Waals surface area contributed by atoms with Crippen LogP contribution in [-0.2, 0) is 4.79 Å². The van der Waals surface area contributed by atoms with E-state index < -0.39 is 11.9 Å². The van der Waals surface area contributed by atoms with Gasteiger partial charge in [0.1, 0.15) is 0 Å². The van der Waals surface area contributed by atoms with E-state index in [0.29, 0.717) is 22.3 Å². The number of rotatable bonds is 5. The molecular weight excluding hydrogens is 277 g/mol. The van der Waals surface area contributed by atoms with Crippen molar-refractivity contribution in [3.8, 4) is 0 Å². The molecule has 19 heavy (non-hydrogen) atoms. The molecule has 0 aliphatic carbocycles. The highest BCUT2D eigenvalue weighted by Crippen LogP contribution is 2.32. The zero-order valence-electron chi connectivity index (χ0n) is 10.6. The maximum Gasteiger partial charge on any atom is 0.398 e. The zero-order valence-corrected chi connectivity index (χ0v) is 11.4. The number of thioether (sulfide) groups is 1. The molecule has 0 aliphatic heterocycles. The Kier molecular flexibility index (Phi) is 5.68. The fourth-order valence-electron chi connectivity index (χ4n) is 1.38. The number of amides is 1. The van der Waals surface area contributed by atoms with E-state index in [9.17, 15) is 18.0 Å². The van der Waals surface area contributed by atoms with E-state index in [0.717, 1.165) is 5.56 Å². The van der Waals surface area contributed by atoms with Crippen LogP contribution in [0.5, 0.6) is 0 Å². The lowest BCUT2D eigenvalue weighted by Crippen LogP contribution is -2.25. The SMILES string of the molecule is CNCC(=O)Nc1cc(C)ccc1SCC(F)(F)F. The van der Waals surface area contributed by atoms with E-state index >= 15 is 0 Å². The molecule has 0 heterocycles. The van der Waals surface area contributed by atoms with Crippen molar-refractivity contribution in [1.29, 1.82) is 0 Å². The molecule has 1 amide bonds. The van der Waals surface area contributed by atoms with Crippen LogP contribution in [-0.4, -0.2) is 31.4 Å². The second-order valence-corrected chi connectivity index (χ2v) is 5.00. The average Bonchev–Trinajstić information content (AvgIpc) is 2.27. The van der Waals surface area contributed by atoms with Crippen molar-refractivity contribution in [1.82, 2.24) is 5.32 Å². The van der Waals surface area contributed by atoms with Crippen molar-refractivity contribution < 1.29 is 18.0 Å². The summed E-state index contributed by atoms with van der Waals surface area (Å²) in [5.41, 5.74) is 1.28. The number of aryl methyl sites for hydroxylation is 1. The summed E-state index contributed by atoms with van der Waals surface area (Å²) in [6, 6.07) is 4.96. The van der Waals surface area contributed by atoms with Crippen molar-refractivity contribution in [2.75, 3.05) is 24.7 Å². The second-order valence-electron chi connectivity index (χ2n) is 3.98. The quantitative estimate of drug-likeness (QED) is 0.820. The van der Waals surface area contributed by atoms with Crippen molar-refractivity contribution in [2.45, 2.75) is 18.0 Å². The second kappa shape index (κ2) is 6.81. The van der Waals surface area contributed by atoms with Gasteiger partial charge in [0.15, 0.2) is 0 Å². The van der Waals surface area contributed by atoms with E-state index in [1.807, 2.05) is 6.92 Å². The molecule has 1 rings (SSSR count). The lowest BCUT2D eigenvalue weighted by Gasteiger charge is -2.12. The molecule has 0 unspecified atom stereocenters. The zero-order chi connectivity index (χ0) is 14.5. The van der Waals surface area contributed by atoms with Gasteiger partial charge in [0, 0.05) is 4.90 Å². The third-order valence-electron chi connectivity index (χ3n) is 2.14. The summed E-state index contributed by atoms with van der Waals surface area (Å²) in [5.74, 6) is -1.27. The molecule has 106 valence electrons. The highest BCUT2D eigenvalue weighted by molar-refractivity contribution is 7.99. The molecule has 0 radical (unpaired) electrons. The predicted octanol–water partition coefficient (Wildman–Crippen LogP) is 2.81. The highest BCUT2D eigenvalue weighted by Gasteiger charge is 2.27. The molecule has 0 bridgehead atoms. The molecule has 3 nitrogen and oxygen atoms in total. The average molecular weight is 292 g/mol. The molecule has 1 aromatic carbocycles. The summed E-state index contributed by atoms with van der Waals surface area (Å²) < 4.78 is 36.7. The first-order valence-electron chi connectivity index (χ1n) is 5.56. The molecule has 1 aromatic rings. The lowest BCUT2D eigenvalue weighted by atomic mass is 10.2. The Bertz CT molecular complexity index is 449. The molecule has 0 atom stereocenters. The Morgan fingerprint density at radius 3 is 2.63 bits per heavy atom. The standard InChI is InChI=1S/C12H15F3N2OS/c1-8-3-4-10(19-7-12(13,14)15)9(5-8)17-11(18)6-16-2/h3-5,16H,6-7H2,1-2H3,(H,17,18). The number of hydrogen-bond donors (Lipinski definition) is 2. The topological polar surface area (TPSA) is 41.1 Å². The van der Waals surface area contributed by atoms with E-state index in [2.05, 4.69) is 10.6 Å². The maximum atomic E-state index is 12.2. The number of halogens is 3. The molecule has 0 fully saturated rings. The predicted molar refractivity (Wildman–Crippen MR) is 70.5 cm³/mol.